The Morgan fingerprint density at radius 2 is 2.07 bits per heavy atom. The van der Waals surface area contributed by atoms with Crippen LogP contribution in [0.4, 0.5) is 8.78 Å². The molecule has 1 aliphatic heterocycles. The van der Waals surface area contributed by atoms with Crippen LogP contribution in [-0.2, 0) is 13.0 Å². The van der Waals surface area contributed by atoms with Crippen LogP contribution in [0.25, 0.3) is 0 Å². The quantitative estimate of drug-likeness (QED) is 0.316. The molecule has 0 bridgehead atoms. The predicted molar refractivity (Wildman–Crippen MR) is 115 cm³/mol. The van der Waals surface area contributed by atoms with Crippen molar-refractivity contribution in [3.8, 4) is 17.2 Å². The molecule has 1 aliphatic rings. The number of hydrogen-bond donors (Lipinski definition) is 2. The summed E-state index contributed by atoms with van der Waals surface area (Å²) in [4.78, 5) is 8.55. The minimum absolute atomic E-state index is 0. The summed E-state index contributed by atoms with van der Waals surface area (Å²) in [6, 6.07) is 6.91. The maximum Gasteiger partial charge on any atom is 0.387 e. The highest BCUT2D eigenvalue weighted by atomic mass is 127. The maximum atomic E-state index is 12.7. The molecule has 158 valence electrons. The normalized spacial score (nSPS) is 12.5. The van der Waals surface area contributed by atoms with Crippen LogP contribution in [0, 0.1) is 0 Å². The first-order chi connectivity index (χ1) is 13.7. The maximum absolute atomic E-state index is 12.7. The molecule has 0 amide bonds. The molecule has 1 aromatic heterocycles. The van der Waals surface area contributed by atoms with Crippen molar-refractivity contribution >= 4 is 29.9 Å². The van der Waals surface area contributed by atoms with Crippen molar-refractivity contribution in [1.29, 1.82) is 0 Å². The topological polar surface area (TPSA) is 77.0 Å². The highest BCUT2D eigenvalue weighted by Gasteiger charge is 2.20. The molecule has 2 heterocycles. The highest BCUT2D eigenvalue weighted by Crippen LogP contribution is 2.39. The first-order valence-electron chi connectivity index (χ1n) is 8.94. The van der Waals surface area contributed by atoms with Crippen molar-refractivity contribution in [1.82, 2.24) is 15.6 Å². The molecule has 0 aliphatic carbocycles. The zero-order valence-corrected chi connectivity index (χ0v) is 18.2. The number of nitrogens with zero attached hydrogens (tertiary/aromatic N) is 2. The Labute approximate surface area is 184 Å². The average Bonchev–Trinajstić information content (AvgIpc) is 3.13. The van der Waals surface area contributed by atoms with Gasteiger partial charge in [-0.1, -0.05) is 6.07 Å². The van der Waals surface area contributed by atoms with Gasteiger partial charge in [0.25, 0.3) is 0 Å². The Morgan fingerprint density at radius 1 is 1.28 bits per heavy atom. The van der Waals surface area contributed by atoms with E-state index in [1.54, 1.807) is 12.3 Å². The van der Waals surface area contributed by atoms with Gasteiger partial charge in [-0.3, -0.25) is 4.98 Å². The van der Waals surface area contributed by atoms with Crippen molar-refractivity contribution in [2.75, 3.05) is 19.9 Å². The van der Waals surface area contributed by atoms with Gasteiger partial charge in [0, 0.05) is 37.1 Å². The number of aliphatic imine (C=N–C) groups is 1. The second-order valence-electron chi connectivity index (χ2n) is 5.92. The van der Waals surface area contributed by atoms with E-state index in [9.17, 15) is 8.78 Å². The molecule has 2 aromatic rings. The molecule has 0 unspecified atom stereocenters. The van der Waals surface area contributed by atoms with Gasteiger partial charge in [0.2, 0.25) is 6.79 Å². The Kier molecular flexibility index (Phi) is 9.16. The summed E-state index contributed by atoms with van der Waals surface area (Å²) >= 11 is 0. The summed E-state index contributed by atoms with van der Waals surface area (Å²) in [5, 5.41) is 6.35. The van der Waals surface area contributed by atoms with E-state index in [1.165, 1.54) is 6.07 Å². The fraction of sp³-hybridized carbons (Fsp3) is 0.368. The molecular weight excluding hydrogens is 497 g/mol. The van der Waals surface area contributed by atoms with E-state index in [-0.39, 0.29) is 43.1 Å². The molecule has 0 saturated heterocycles. The molecule has 3 rings (SSSR count). The van der Waals surface area contributed by atoms with Gasteiger partial charge >= 0.3 is 6.61 Å². The molecule has 0 atom stereocenters. The monoisotopic (exact) mass is 520 g/mol. The Hall–Kier alpha value is -2.37. The number of fused-ring (bicyclic) bond motifs is 1. The van der Waals surface area contributed by atoms with Crippen molar-refractivity contribution < 1.29 is 23.0 Å². The number of benzene rings is 1. The highest BCUT2D eigenvalue weighted by molar-refractivity contribution is 14.0. The van der Waals surface area contributed by atoms with E-state index < -0.39 is 6.61 Å². The fourth-order valence-electron chi connectivity index (χ4n) is 2.67. The van der Waals surface area contributed by atoms with Gasteiger partial charge in [-0.2, -0.15) is 8.78 Å². The van der Waals surface area contributed by atoms with Crippen LogP contribution in [0.2, 0.25) is 0 Å². The number of rotatable bonds is 8. The van der Waals surface area contributed by atoms with Gasteiger partial charge in [0.05, 0.1) is 6.54 Å². The van der Waals surface area contributed by atoms with E-state index in [0.717, 1.165) is 12.0 Å². The van der Waals surface area contributed by atoms with E-state index in [2.05, 4.69) is 25.3 Å². The fourth-order valence-corrected chi connectivity index (χ4v) is 2.67. The first kappa shape index (κ1) is 22.9. The second-order valence-corrected chi connectivity index (χ2v) is 5.92. The zero-order valence-electron chi connectivity index (χ0n) is 15.9. The standard InChI is InChI=1S/C19H22F2N4O3.HI/c1-2-23-19(24-7-5-13-4-3-6-22-10-13)25-11-14-8-16-17(27-12-26-16)9-15(14)28-18(20)21;/h3-4,6,8-10,18H,2,5,7,11-12H2,1H3,(H2,23,24,25);1H. The van der Waals surface area contributed by atoms with E-state index >= 15 is 0 Å². The van der Waals surface area contributed by atoms with Crippen LogP contribution < -0.4 is 24.8 Å². The average molecular weight is 520 g/mol. The summed E-state index contributed by atoms with van der Waals surface area (Å²) in [5.74, 6) is 1.47. The van der Waals surface area contributed by atoms with Crippen LogP contribution >= 0.6 is 24.0 Å². The van der Waals surface area contributed by atoms with Crippen molar-refractivity contribution in [3.63, 3.8) is 0 Å². The van der Waals surface area contributed by atoms with Gasteiger partial charge in [0.15, 0.2) is 17.5 Å². The number of pyridine rings is 1. The third-order valence-electron chi connectivity index (χ3n) is 3.95. The van der Waals surface area contributed by atoms with Crippen LogP contribution in [0.3, 0.4) is 0 Å². The molecule has 10 heteroatoms. The third kappa shape index (κ3) is 6.87. The summed E-state index contributed by atoms with van der Waals surface area (Å²) < 4.78 is 40.6. The molecule has 29 heavy (non-hydrogen) atoms. The molecule has 0 fully saturated rings. The van der Waals surface area contributed by atoms with Gasteiger partial charge in [0.1, 0.15) is 5.75 Å². The minimum atomic E-state index is -2.94. The molecule has 7 nitrogen and oxygen atoms in total. The van der Waals surface area contributed by atoms with Gasteiger partial charge in [-0.15, -0.1) is 24.0 Å². The van der Waals surface area contributed by atoms with E-state index in [1.807, 2.05) is 25.3 Å². The third-order valence-corrected chi connectivity index (χ3v) is 3.95. The van der Waals surface area contributed by atoms with Crippen molar-refractivity contribution in [3.05, 3.63) is 47.8 Å². The summed E-state index contributed by atoms with van der Waals surface area (Å²) in [6.07, 6.45) is 4.32. The summed E-state index contributed by atoms with van der Waals surface area (Å²) in [6.45, 7) is 0.521. The number of nitrogens with one attached hydrogen (secondary N) is 2. The lowest BCUT2D eigenvalue weighted by Gasteiger charge is -2.13. The largest absolute Gasteiger partial charge is 0.454 e. The van der Waals surface area contributed by atoms with E-state index in [4.69, 9.17) is 9.47 Å². The number of ether oxygens (including phenoxy) is 3. The Bertz CT molecular complexity index is 810. The van der Waals surface area contributed by atoms with Crippen molar-refractivity contribution in [2.45, 2.75) is 26.5 Å². The first-order valence-corrected chi connectivity index (χ1v) is 8.94. The van der Waals surface area contributed by atoms with Gasteiger partial charge in [-0.05, 0) is 31.0 Å². The molecule has 0 saturated carbocycles. The van der Waals surface area contributed by atoms with Gasteiger partial charge < -0.3 is 24.8 Å². The van der Waals surface area contributed by atoms with Gasteiger partial charge in [-0.25, -0.2) is 4.99 Å². The van der Waals surface area contributed by atoms with Crippen LogP contribution in [0.5, 0.6) is 17.2 Å². The minimum Gasteiger partial charge on any atom is -0.454 e. The SMILES string of the molecule is CCNC(=NCc1cc2c(cc1OC(F)F)OCO2)NCCc1cccnc1.I. The zero-order chi connectivity index (χ0) is 19.8. The van der Waals surface area contributed by atoms with E-state index in [0.29, 0.717) is 36.1 Å². The lowest BCUT2D eigenvalue weighted by Crippen LogP contribution is -2.38. The summed E-state index contributed by atoms with van der Waals surface area (Å²) in [7, 11) is 0. The van der Waals surface area contributed by atoms with Crippen molar-refractivity contribution in [2.24, 2.45) is 4.99 Å². The lowest BCUT2D eigenvalue weighted by atomic mass is 10.1. The Balaban J connectivity index is 0.00000300. The smallest absolute Gasteiger partial charge is 0.387 e. The number of halogens is 3. The second kappa shape index (κ2) is 11.6. The summed E-state index contributed by atoms with van der Waals surface area (Å²) in [5.41, 5.74) is 1.59. The molecule has 0 spiro atoms. The van der Waals surface area contributed by atoms with Crippen LogP contribution in [0.1, 0.15) is 18.1 Å². The number of hydrogen-bond acceptors (Lipinski definition) is 5. The van der Waals surface area contributed by atoms with Crippen LogP contribution in [-0.4, -0.2) is 37.4 Å². The predicted octanol–water partition coefficient (Wildman–Crippen LogP) is 3.33. The Morgan fingerprint density at radius 3 is 2.76 bits per heavy atom. The number of alkyl halides is 2. The lowest BCUT2D eigenvalue weighted by molar-refractivity contribution is -0.0505. The molecule has 2 N–H and O–H groups in total. The molecule has 1 aromatic carbocycles. The molecule has 0 radical (unpaired) electrons. The number of guanidine groups is 1. The molecular formula is C19H23F2IN4O3. The number of aromatic nitrogens is 1. The van der Waals surface area contributed by atoms with Crippen LogP contribution in [0.15, 0.2) is 41.7 Å².